The Kier molecular flexibility index (Phi) is 5.16. The number of ether oxygens (including phenoxy) is 1. The zero-order valence-electron chi connectivity index (χ0n) is 13.2. The van der Waals surface area contributed by atoms with Crippen molar-refractivity contribution < 1.29 is 9.53 Å². The minimum absolute atomic E-state index is 0. The number of methoxy groups -OCH3 is 1. The molecule has 2 aromatic rings. The highest BCUT2D eigenvalue weighted by Crippen LogP contribution is 2.49. The first-order valence-electron chi connectivity index (χ1n) is 7.40. The van der Waals surface area contributed by atoms with Gasteiger partial charge in [-0.2, -0.15) is 0 Å². The van der Waals surface area contributed by atoms with Crippen LogP contribution in [0, 0.1) is 12.8 Å². The first-order chi connectivity index (χ1) is 10.6. The Morgan fingerprint density at radius 2 is 2.00 bits per heavy atom. The molecule has 0 saturated heterocycles. The molecule has 1 fully saturated rings. The van der Waals surface area contributed by atoms with Crippen molar-refractivity contribution in [2.75, 3.05) is 18.2 Å². The van der Waals surface area contributed by atoms with E-state index in [9.17, 15) is 4.79 Å². The minimum atomic E-state index is 0. The first-order valence-corrected chi connectivity index (χ1v) is 7.40. The largest absolute Gasteiger partial charge is 0.497 e. The predicted octanol–water partition coefficient (Wildman–Crippen LogP) is 3.75. The van der Waals surface area contributed by atoms with Gasteiger partial charge < -0.3 is 15.8 Å². The third kappa shape index (κ3) is 3.59. The van der Waals surface area contributed by atoms with E-state index >= 15 is 0 Å². The second-order valence-electron chi connectivity index (χ2n) is 5.75. The molecule has 0 aromatic heterocycles. The normalized spacial score (nSPS) is 18.7. The van der Waals surface area contributed by atoms with Crippen molar-refractivity contribution in [3.05, 3.63) is 53.6 Å². The molecule has 1 aliphatic rings. The molecule has 0 bridgehead atoms. The van der Waals surface area contributed by atoms with Crippen molar-refractivity contribution in [3.63, 3.8) is 0 Å². The average Bonchev–Trinajstić information content (AvgIpc) is 3.30. The number of benzene rings is 2. The molecule has 23 heavy (non-hydrogen) atoms. The maximum atomic E-state index is 12.4. The number of aryl methyl sites for hydroxylation is 1. The number of rotatable bonds is 4. The fourth-order valence-corrected chi connectivity index (χ4v) is 2.83. The molecule has 3 N–H and O–H groups in total. The number of nitrogen functional groups attached to an aromatic ring is 1. The summed E-state index contributed by atoms with van der Waals surface area (Å²) in [5.41, 5.74) is 9.57. The minimum Gasteiger partial charge on any atom is -0.497 e. The van der Waals surface area contributed by atoms with Crippen LogP contribution in [-0.2, 0) is 4.79 Å². The van der Waals surface area contributed by atoms with Gasteiger partial charge in [-0.05, 0) is 42.5 Å². The highest BCUT2D eigenvalue weighted by molar-refractivity contribution is 5.97. The van der Waals surface area contributed by atoms with E-state index in [-0.39, 0.29) is 24.2 Å². The van der Waals surface area contributed by atoms with Gasteiger partial charge in [0, 0.05) is 12.0 Å². The van der Waals surface area contributed by atoms with Crippen LogP contribution < -0.4 is 15.8 Å². The Labute approximate surface area is 142 Å². The van der Waals surface area contributed by atoms with Gasteiger partial charge in [0.05, 0.1) is 18.5 Å². The second kappa shape index (κ2) is 6.92. The zero-order chi connectivity index (χ0) is 15.7. The molecule has 1 saturated carbocycles. The number of carbonyl (C=O) groups is 1. The van der Waals surface area contributed by atoms with Gasteiger partial charge in [-0.25, -0.2) is 0 Å². The number of anilines is 2. The SMILES string of the molecule is COc1ccc(N)c(NC(=O)C2CC2c2ccccc2C)c1.Cl. The standard InChI is InChI=1S/C18H20N2O2.ClH/c1-11-5-3-4-6-13(11)14-10-15(14)18(21)20-17-9-12(22-2)7-8-16(17)19;/h3-9,14-15H,10,19H2,1-2H3,(H,20,21);1H. The molecule has 0 spiro atoms. The molecular formula is C18H21ClN2O2. The lowest BCUT2D eigenvalue weighted by atomic mass is 10.0. The van der Waals surface area contributed by atoms with E-state index in [0.717, 1.165) is 6.42 Å². The van der Waals surface area contributed by atoms with Gasteiger partial charge in [-0.15, -0.1) is 12.4 Å². The highest BCUT2D eigenvalue weighted by Gasteiger charge is 2.44. The van der Waals surface area contributed by atoms with Gasteiger partial charge in [-0.3, -0.25) is 4.79 Å². The Hall–Kier alpha value is -2.20. The molecule has 0 aliphatic heterocycles. The van der Waals surface area contributed by atoms with E-state index in [1.54, 1.807) is 25.3 Å². The molecule has 3 rings (SSSR count). The summed E-state index contributed by atoms with van der Waals surface area (Å²) in [6.07, 6.45) is 0.889. The summed E-state index contributed by atoms with van der Waals surface area (Å²) < 4.78 is 5.17. The number of carbonyl (C=O) groups excluding carboxylic acids is 1. The van der Waals surface area contributed by atoms with Gasteiger partial charge >= 0.3 is 0 Å². The second-order valence-corrected chi connectivity index (χ2v) is 5.75. The highest BCUT2D eigenvalue weighted by atomic mass is 35.5. The Bertz CT molecular complexity index is 718. The number of nitrogens with two attached hydrogens (primary N) is 1. The van der Waals surface area contributed by atoms with Gasteiger partial charge in [0.15, 0.2) is 0 Å². The molecule has 2 unspecified atom stereocenters. The van der Waals surface area contributed by atoms with Crippen LogP contribution >= 0.6 is 12.4 Å². The summed E-state index contributed by atoms with van der Waals surface area (Å²) >= 11 is 0. The third-order valence-corrected chi connectivity index (χ3v) is 4.23. The summed E-state index contributed by atoms with van der Waals surface area (Å²) in [5, 5.41) is 2.92. The van der Waals surface area contributed by atoms with Crippen molar-refractivity contribution in [1.82, 2.24) is 0 Å². The molecule has 0 heterocycles. The van der Waals surface area contributed by atoms with E-state index < -0.39 is 0 Å². The lowest BCUT2D eigenvalue weighted by Crippen LogP contribution is -2.15. The Morgan fingerprint density at radius 1 is 1.26 bits per heavy atom. The van der Waals surface area contributed by atoms with Crippen LogP contribution in [0.3, 0.4) is 0 Å². The first kappa shape index (κ1) is 17.2. The number of hydrogen-bond donors (Lipinski definition) is 2. The van der Waals surface area contributed by atoms with Gasteiger partial charge in [0.2, 0.25) is 5.91 Å². The van der Waals surface area contributed by atoms with Crippen LogP contribution in [0.1, 0.15) is 23.5 Å². The van der Waals surface area contributed by atoms with Crippen molar-refractivity contribution in [2.24, 2.45) is 5.92 Å². The summed E-state index contributed by atoms with van der Waals surface area (Å²) in [4.78, 5) is 12.4. The predicted molar refractivity (Wildman–Crippen MR) is 95.3 cm³/mol. The maximum Gasteiger partial charge on any atom is 0.228 e. The van der Waals surface area contributed by atoms with Crippen LogP contribution in [-0.4, -0.2) is 13.0 Å². The van der Waals surface area contributed by atoms with Crippen LogP contribution in [0.5, 0.6) is 5.75 Å². The van der Waals surface area contributed by atoms with Crippen molar-refractivity contribution >= 4 is 29.7 Å². The van der Waals surface area contributed by atoms with Crippen molar-refractivity contribution in [1.29, 1.82) is 0 Å². The quantitative estimate of drug-likeness (QED) is 0.838. The van der Waals surface area contributed by atoms with Gasteiger partial charge in [0.1, 0.15) is 5.75 Å². The topological polar surface area (TPSA) is 64.3 Å². The molecule has 2 atom stereocenters. The number of amides is 1. The maximum absolute atomic E-state index is 12.4. The lowest BCUT2D eigenvalue weighted by Gasteiger charge is -2.10. The molecule has 4 nitrogen and oxygen atoms in total. The molecule has 0 radical (unpaired) electrons. The third-order valence-electron chi connectivity index (χ3n) is 4.23. The van der Waals surface area contributed by atoms with E-state index in [0.29, 0.717) is 23.0 Å². The molecular weight excluding hydrogens is 312 g/mol. The van der Waals surface area contributed by atoms with E-state index in [2.05, 4.69) is 24.4 Å². The van der Waals surface area contributed by atoms with Crippen LogP contribution in [0.2, 0.25) is 0 Å². The van der Waals surface area contributed by atoms with Crippen molar-refractivity contribution in [2.45, 2.75) is 19.3 Å². The summed E-state index contributed by atoms with van der Waals surface area (Å²) in [6, 6.07) is 13.5. The van der Waals surface area contributed by atoms with E-state index in [4.69, 9.17) is 10.5 Å². The van der Waals surface area contributed by atoms with Crippen LogP contribution in [0.4, 0.5) is 11.4 Å². The average molecular weight is 333 g/mol. The van der Waals surface area contributed by atoms with E-state index in [1.807, 2.05) is 12.1 Å². The van der Waals surface area contributed by atoms with Crippen LogP contribution in [0.25, 0.3) is 0 Å². The van der Waals surface area contributed by atoms with Crippen molar-refractivity contribution in [3.8, 4) is 5.75 Å². The number of nitrogens with one attached hydrogen (secondary N) is 1. The molecule has 2 aromatic carbocycles. The fourth-order valence-electron chi connectivity index (χ4n) is 2.83. The van der Waals surface area contributed by atoms with Crippen LogP contribution in [0.15, 0.2) is 42.5 Å². The monoisotopic (exact) mass is 332 g/mol. The zero-order valence-corrected chi connectivity index (χ0v) is 14.0. The summed E-state index contributed by atoms with van der Waals surface area (Å²) in [5.74, 6) is 1.03. The van der Waals surface area contributed by atoms with Gasteiger partial charge in [-0.1, -0.05) is 24.3 Å². The Balaban J connectivity index is 0.00000192. The number of halogens is 1. The number of hydrogen-bond acceptors (Lipinski definition) is 3. The van der Waals surface area contributed by atoms with E-state index in [1.165, 1.54) is 11.1 Å². The summed E-state index contributed by atoms with van der Waals surface area (Å²) in [6.45, 7) is 2.09. The molecule has 122 valence electrons. The Morgan fingerprint density at radius 3 is 2.70 bits per heavy atom. The fraction of sp³-hybridized carbons (Fsp3) is 0.278. The molecule has 1 amide bonds. The van der Waals surface area contributed by atoms with Gasteiger partial charge in [0.25, 0.3) is 0 Å². The smallest absolute Gasteiger partial charge is 0.228 e. The molecule has 1 aliphatic carbocycles. The molecule has 5 heteroatoms. The lowest BCUT2D eigenvalue weighted by molar-refractivity contribution is -0.117. The summed E-state index contributed by atoms with van der Waals surface area (Å²) in [7, 11) is 1.59.